The summed E-state index contributed by atoms with van der Waals surface area (Å²) in [6.07, 6.45) is 5.29. The van der Waals surface area contributed by atoms with Crippen LogP contribution in [0.25, 0.3) is 0 Å². The second-order valence-electron chi connectivity index (χ2n) is 5.16. The van der Waals surface area contributed by atoms with E-state index in [2.05, 4.69) is 51.0 Å². The van der Waals surface area contributed by atoms with Crippen LogP contribution >= 0.6 is 22.6 Å². The molecule has 1 saturated heterocycles. The van der Waals surface area contributed by atoms with Crippen molar-refractivity contribution in [2.45, 2.75) is 31.7 Å². The van der Waals surface area contributed by atoms with Crippen LogP contribution in [0.1, 0.15) is 24.8 Å². The number of likely N-dealkylation sites (tertiary alicyclic amines) is 1. The first kappa shape index (κ1) is 11.8. The maximum absolute atomic E-state index is 3.74. The van der Waals surface area contributed by atoms with E-state index in [-0.39, 0.29) is 0 Å². The Kier molecular flexibility index (Phi) is 3.56. The summed E-state index contributed by atoms with van der Waals surface area (Å²) in [7, 11) is 0. The van der Waals surface area contributed by atoms with Crippen LogP contribution in [0.15, 0.2) is 18.2 Å². The van der Waals surface area contributed by atoms with Crippen molar-refractivity contribution in [1.82, 2.24) is 4.90 Å². The summed E-state index contributed by atoms with van der Waals surface area (Å²) < 4.78 is 1.37. The van der Waals surface area contributed by atoms with E-state index in [1.54, 1.807) is 0 Å². The lowest BCUT2D eigenvalue weighted by molar-refractivity contribution is 0.314. The molecule has 1 unspecified atom stereocenters. The normalized spacial score (nSPS) is 24.4. The fourth-order valence-electron chi connectivity index (χ4n) is 2.96. The number of para-hydroxylation sites is 1. The lowest BCUT2D eigenvalue weighted by atomic mass is 9.98. The van der Waals surface area contributed by atoms with E-state index in [1.165, 1.54) is 60.1 Å². The molecule has 3 heteroatoms. The molecule has 2 heterocycles. The molecule has 2 nitrogen and oxygen atoms in total. The van der Waals surface area contributed by atoms with E-state index in [4.69, 9.17) is 0 Å². The van der Waals surface area contributed by atoms with Crippen LogP contribution in [-0.2, 0) is 6.42 Å². The lowest BCUT2D eigenvalue weighted by Crippen LogP contribution is -2.37. The molecule has 0 radical (unpaired) electrons. The second-order valence-corrected chi connectivity index (χ2v) is 6.32. The largest absolute Gasteiger partial charge is 0.380 e. The van der Waals surface area contributed by atoms with Crippen LogP contribution in [0.5, 0.6) is 0 Å². The number of anilines is 1. The Hall–Kier alpha value is -0.290. The molecule has 2 aliphatic heterocycles. The van der Waals surface area contributed by atoms with Crippen LogP contribution in [-0.4, -0.2) is 30.6 Å². The van der Waals surface area contributed by atoms with Gasteiger partial charge >= 0.3 is 0 Å². The number of rotatable bonds is 2. The van der Waals surface area contributed by atoms with Crippen molar-refractivity contribution in [3.63, 3.8) is 0 Å². The molecule has 92 valence electrons. The van der Waals surface area contributed by atoms with Gasteiger partial charge in [0, 0.05) is 16.2 Å². The van der Waals surface area contributed by atoms with E-state index in [9.17, 15) is 0 Å². The van der Waals surface area contributed by atoms with Crippen molar-refractivity contribution < 1.29 is 0 Å². The summed E-state index contributed by atoms with van der Waals surface area (Å²) in [5.74, 6) is 0. The zero-order chi connectivity index (χ0) is 11.7. The van der Waals surface area contributed by atoms with Gasteiger partial charge in [-0.1, -0.05) is 12.1 Å². The van der Waals surface area contributed by atoms with Gasteiger partial charge in [-0.3, -0.25) is 0 Å². The first-order chi connectivity index (χ1) is 8.33. The highest BCUT2D eigenvalue weighted by Crippen LogP contribution is 2.29. The SMILES string of the molecule is Ic1cccc2c1NC(CN1CCCC1)CC2. The summed E-state index contributed by atoms with van der Waals surface area (Å²) in [4.78, 5) is 2.61. The molecule has 0 aliphatic carbocycles. The fourth-order valence-corrected chi connectivity index (χ4v) is 3.67. The van der Waals surface area contributed by atoms with E-state index >= 15 is 0 Å². The molecule has 0 bridgehead atoms. The first-order valence-corrected chi connectivity index (χ1v) is 7.67. The van der Waals surface area contributed by atoms with Gasteiger partial charge in [0.15, 0.2) is 0 Å². The van der Waals surface area contributed by atoms with Gasteiger partial charge in [0.1, 0.15) is 0 Å². The minimum atomic E-state index is 0.650. The number of fused-ring (bicyclic) bond motifs is 1. The summed E-state index contributed by atoms with van der Waals surface area (Å²) in [5, 5.41) is 3.74. The summed E-state index contributed by atoms with van der Waals surface area (Å²) in [6, 6.07) is 7.28. The Labute approximate surface area is 117 Å². The molecule has 1 fully saturated rings. The molecule has 1 aromatic rings. The maximum Gasteiger partial charge on any atom is 0.0511 e. The number of nitrogens with one attached hydrogen (secondary N) is 1. The molecule has 2 aliphatic rings. The van der Waals surface area contributed by atoms with Crippen molar-refractivity contribution in [2.24, 2.45) is 0 Å². The molecule has 1 N–H and O–H groups in total. The predicted octanol–water partition coefficient (Wildman–Crippen LogP) is 3.11. The number of benzene rings is 1. The highest BCUT2D eigenvalue weighted by Gasteiger charge is 2.22. The van der Waals surface area contributed by atoms with E-state index in [0.717, 1.165) is 0 Å². The summed E-state index contributed by atoms with van der Waals surface area (Å²) in [6.45, 7) is 3.83. The maximum atomic E-state index is 3.74. The summed E-state index contributed by atoms with van der Waals surface area (Å²) >= 11 is 2.44. The third-order valence-electron chi connectivity index (χ3n) is 3.89. The molecule has 0 saturated carbocycles. The molecule has 1 aromatic carbocycles. The van der Waals surface area contributed by atoms with Gasteiger partial charge in [0.25, 0.3) is 0 Å². The van der Waals surface area contributed by atoms with Gasteiger partial charge in [-0.2, -0.15) is 0 Å². The average molecular weight is 342 g/mol. The van der Waals surface area contributed by atoms with Crippen LogP contribution in [0.2, 0.25) is 0 Å². The van der Waals surface area contributed by atoms with Crippen LogP contribution < -0.4 is 5.32 Å². The van der Waals surface area contributed by atoms with Gasteiger partial charge in [-0.15, -0.1) is 0 Å². The monoisotopic (exact) mass is 342 g/mol. The molecular formula is C14H19IN2. The minimum absolute atomic E-state index is 0.650. The lowest BCUT2D eigenvalue weighted by Gasteiger charge is -2.31. The van der Waals surface area contributed by atoms with Crippen molar-refractivity contribution in [3.8, 4) is 0 Å². The molecule has 0 amide bonds. The Balaban J connectivity index is 1.69. The van der Waals surface area contributed by atoms with Crippen molar-refractivity contribution in [2.75, 3.05) is 25.0 Å². The Morgan fingerprint density at radius 2 is 2.12 bits per heavy atom. The first-order valence-electron chi connectivity index (χ1n) is 6.59. The van der Waals surface area contributed by atoms with Gasteiger partial charge in [-0.25, -0.2) is 0 Å². The third kappa shape index (κ3) is 2.60. The van der Waals surface area contributed by atoms with Crippen molar-refractivity contribution >= 4 is 28.3 Å². The number of aryl methyl sites for hydroxylation is 1. The molecule has 3 rings (SSSR count). The molecule has 17 heavy (non-hydrogen) atoms. The smallest absolute Gasteiger partial charge is 0.0511 e. The number of halogens is 1. The second kappa shape index (κ2) is 5.14. The standard InChI is InChI=1S/C14H19IN2/c15-13-5-3-4-11-6-7-12(16-14(11)13)10-17-8-1-2-9-17/h3-5,12,16H,1-2,6-10H2. The minimum Gasteiger partial charge on any atom is -0.380 e. The predicted molar refractivity (Wildman–Crippen MR) is 80.6 cm³/mol. The van der Waals surface area contributed by atoms with Gasteiger partial charge in [0.05, 0.1) is 5.69 Å². The topological polar surface area (TPSA) is 15.3 Å². The van der Waals surface area contributed by atoms with Crippen LogP contribution in [0, 0.1) is 3.57 Å². The Morgan fingerprint density at radius 1 is 1.29 bits per heavy atom. The van der Waals surface area contributed by atoms with Gasteiger partial charge in [0.2, 0.25) is 0 Å². The average Bonchev–Trinajstić information content (AvgIpc) is 2.83. The molecule has 1 atom stereocenters. The third-order valence-corrected chi connectivity index (χ3v) is 4.79. The van der Waals surface area contributed by atoms with E-state index in [0.29, 0.717) is 6.04 Å². The van der Waals surface area contributed by atoms with Gasteiger partial charge in [-0.05, 0) is 73.0 Å². The van der Waals surface area contributed by atoms with Gasteiger partial charge < -0.3 is 10.2 Å². The highest BCUT2D eigenvalue weighted by molar-refractivity contribution is 14.1. The fraction of sp³-hybridized carbons (Fsp3) is 0.571. The molecule has 0 spiro atoms. The highest BCUT2D eigenvalue weighted by atomic mass is 127. The van der Waals surface area contributed by atoms with Crippen molar-refractivity contribution in [3.05, 3.63) is 27.3 Å². The number of hydrogen-bond acceptors (Lipinski definition) is 2. The zero-order valence-corrected chi connectivity index (χ0v) is 12.2. The Bertz CT molecular complexity index is 399. The van der Waals surface area contributed by atoms with Crippen LogP contribution in [0.4, 0.5) is 5.69 Å². The quantitative estimate of drug-likeness (QED) is 0.831. The van der Waals surface area contributed by atoms with Crippen LogP contribution in [0.3, 0.4) is 0 Å². The number of nitrogens with zero attached hydrogens (tertiary/aromatic N) is 1. The summed E-state index contributed by atoms with van der Waals surface area (Å²) in [5.41, 5.74) is 2.89. The van der Waals surface area contributed by atoms with E-state index in [1.807, 2.05) is 0 Å². The number of hydrogen-bond donors (Lipinski definition) is 1. The molecular weight excluding hydrogens is 323 g/mol. The zero-order valence-electron chi connectivity index (χ0n) is 10.1. The molecule has 0 aromatic heterocycles. The Morgan fingerprint density at radius 3 is 2.94 bits per heavy atom. The van der Waals surface area contributed by atoms with Crippen molar-refractivity contribution in [1.29, 1.82) is 0 Å². The van der Waals surface area contributed by atoms with E-state index < -0.39 is 0 Å².